The largest absolute Gasteiger partial charge is 0.493 e. The minimum absolute atomic E-state index is 0.199. The van der Waals surface area contributed by atoms with Crippen molar-refractivity contribution in [3.8, 4) is 23.0 Å². The summed E-state index contributed by atoms with van der Waals surface area (Å²) in [5, 5.41) is 0. The smallest absolute Gasteiger partial charge is 0.242 e. The quantitative estimate of drug-likeness (QED) is 0.670. The highest BCUT2D eigenvalue weighted by Gasteiger charge is 2.23. The van der Waals surface area contributed by atoms with Gasteiger partial charge >= 0.3 is 0 Å². The Morgan fingerprint density at radius 1 is 0.964 bits per heavy atom. The van der Waals surface area contributed by atoms with E-state index in [0.29, 0.717) is 49.2 Å². The highest BCUT2D eigenvalue weighted by atomic mass is 32.2. The van der Waals surface area contributed by atoms with Crippen molar-refractivity contribution in [2.45, 2.75) is 17.7 Å². The fourth-order valence-corrected chi connectivity index (χ4v) is 4.25. The first-order valence-corrected chi connectivity index (χ1v) is 10.5. The van der Waals surface area contributed by atoms with Gasteiger partial charge in [-0.15, -0.1) is 0 Å². The van der Waals surface area contributed by atoms with E-state index in [1.54, 1.807) is 33.4 Å². The zero-order valence-corrected chi connectivity index (χ0v) is 17.1. The highest BCUT2D eigenvalue weighted by molar-refractivity contribution is 7.89. The molecule has 0 aromatic heterocycles. The molecule has 0 radical (unpaired) electrons. The Hall–Kier alpha value is -2.45. The van der Waals surface area contributed by atoms with E-state index in [1.807, 2.05) is 18.2 Å². The van der Waals surface area contributed by atoms with Crippen molar-refractivity contribution in [2.24, 2.45) is 0 Å². The molecule has 0 fully saturated rings. The molecular formula is C20H25NO6S. The van der Waals surface area contributed by atoms with E-state index >= 15 is 0 Å². The molecule has 0 atom stereocenters. The molecule has 0 spiro atoms. The Bertz CT molecular complexity index is 928. The van der Waals surface area contributed by atoms with Crippen molar-refractivity contribution in [3.05, 3.63) is 42.0 Å². The van der Waals surface area contributed by atoms with E-state index in [-0.39, 0.29) is 4.90 Å². The van der Waals surface area contributed by atoms with Crippen LogP contribution in [0.25, 0.3) is 0 Å². The van der Waals surface area contributed by atoms with E-state index in [0.717, 1.165) is 12.0 Å². The van der Waals surface area contributed by atoms with Gasteiger partial charge in [0.25, 0.3) is 0 Å². The first-order chi connectivity index (χ1) is 13.5. The van der Waals surface area contributed by atoms with Gasteiger partial charge < -0.3 is 18.9 Å². The van der Waals surface area contributed by atoms with Gasteiger partial charge in [-0.25, -0.2) is 12.7 Å². The maximum absolute atomic E-state index is 12.8. The lowest BCUT2D eigenvalue weighted by Gasteiger charge is -2.21. The van der Waals surface area contributed by atoms with E-state index < -0.39 is 10.0 Å². The van der Waals surface area contributed by atoms with Crippen LogP contribution in [0, 0.1) is 0 Å². The molecule has 0 bridgehead atoms. The summed E-state index contributed by atoms with van der Waals surface area (Å²) in [6.07, 6.45) is 1.40. The van der Waals surface area contributed by atoms with Crippen LogP contribution < -0.4 is 18.9 Å². The lowest BCUT2D eigenvalue weighted by atomic mass is 10.1. The monoisotopic (exact) mass is 407 g/mol. The van der Waals surface area contributed by atoms with Crippen molar-refractivity contribution in [3.63, 3.8) is 0 Å². The Morgan fingerprint density at radius 3 is 2.39 bits per heavy atom. The second kappa shape index (κ2) is 8.70. The van der Waals surface area contributed by atoms with Gasteiger partial charge in [-0.3, -0.25) is 0 Å². The minimum Gasteiger partial charge on any atom is -0.493 e. The fourth-order valence-electron chi connectivity index (χ4n) is 3.03. The number of aryl methyl sites for hydroxylation is 1. The second-order valence-corrected chi connectivity index (χ2v) is 8.47. The molecular weight excluding hydrogens is 382 g/mol. The maximum atomic E-state index is 12.8. The first kappa shape index (κ1) is 20.3. The second-order valence-electron chi connectivity index (χ2n) is 6.42. The molecule has 3 rings (SSSR count). The van der Waals surface area contributed by atoms with Crippen molar-refractivity contribution in [1.82, 2.24) is 4.31 Å². The number of benzene rings is 2. The predicted molar refractivity (Wildman–Crippen MR) is 105 cm³/mol. The van der Waals surface area contributed by atoms with Gasteiger partial charge in [0.15, 0.2) is 23.0 Å². The molecule has 0 aliphatic carbocycles. The molecule has 1 heterocycles. The van der Waals surface area contributed by atoms with Crippen LogP contribution in [0.1, 0.15) is 12.0 Å². The summed E-state index contributed by atoms with van der Waals surface area (Å²) < 4.78 is 48.5. The molecule has 0 saturated heterocycles. The summed E-state index contributed by atoms with van der Waals surface area (Å²) in [4.78, 5) is 0.199. The summed E-state index contributed by atoms with van der Waals surface area (Å²) in [5.41, 5.74) is 1.06. The molecule has 2 aromatic rings. The minimum atomic E-state index is -3.60. The van der Waals surface area contributed by atoms with E-state index in [9.17, 15) is 8.42 Å². The molecule has 1 aliphatic rings. The van der Waals surface area contributed by atoms with Crippen molar-refractivity contribution in [1.29, 1.82) is 0 Å². The van der Waals surface area contributed by atoms with Gasteiger partial charge in [0.05, 0.1) is 19.1 Å². The number of fused-ring (bicyclic) bond motifs is 1. The number of sulfonamides is 1. The summed E-state index contributed by atoms with van der Waals surface area (Å²) in [7, 11) is 1.17. The SMILES string of the molecule is COc1ccc(CCCN(C)S(=O)(=O)c2ccc3c(c2)OCCO3)cc1OC. The zero-order valence-electron chi connectivity index (χ0n) is 16.3. The predicted octanol–water partition coefficient (Wildman–Crippen LogP) is 2.73. The number of hydrogen-bond donors (Lipinski definition) is 0. The lowest BCUT2D eigenvalue weighted by Crippen LogP contribution is -2.28. The van der Waals surface area contributed by atoms with Crippen LogP contribution in [0.5, 0.6) is 23.0 Å². The van der Waals surface area contributed by atoms with Gasteiger partial charge in [-0.2, -0.15) is 0 Å². The third kappa shape index (κ3) is 4.34. The highest BCUT2D eigenvalue weighted by Crippen LogP contribution is 2.33. The van der Waals surface area contributed by atoms with E-state index in [1.165, 1.54) is 10.4 Å². The molecule has 2 aromatic carbocycles. The van der Waals surface area contributed by atoms with Crippen molar-refractivity contribution >= 4 is 10.0 Å². The average molecular weight is 407 g/mol. The summed E-state index contributed by atoms with van der Waals surface area (Å²) in [6, 6.07) is 10.4. The molecule has 7 nitrogen and oxygen atoms in total. The van der Waals surface area contributed by atoms with Crippen LogP contribution >= 0.6 is 0 Å². The Balaban J connectivity index is 1.63. The lowest BCUT2D eigenvalue weighted by molar-refractivity contribution is 0.171. The molecule has 0 N–H and O–H groups in total. The van der Waals surface area contributed by atoms with E-state index in [4.69, 9.17) is 18.9 Å². The van der Waals surface area contributed by atoms with Crippen LogP contribution in [0.15, 0.2) is 41.3 Å². The summed E-state index contributed by atoms with van der Waals surface area (Å²) in [5.74, 6) is 2.37. The van der Waals surface area contributed by atoms with Crippen molar-refractivity contribution in [2.75, 3.05) is 41.0 Å². The van der Waals surface area contributed by atoms with Crippen LogP contribution in [-0.2, 0) is 16.4 Å². The fraction of sp³-hybridized carbons (Fsp3) is 0.400. The number of methoxy groups -OCH3 is 2. The summed E-state index contributed by atoms with van der Waals surface area (Å²) in [6.45, 7) is 1.28. The van der Waals surface area contributed by atoms with Crippen molar-refractivity contribution < 1.29 is 27.4 Å². The van der Waals surface area contributed by atoms with Gasteiger partial charge in [0.1, 0.15) is 13.2 Å². The Morgan fingerprint density at radius 2 is 1.68 bits per heavy atom. The molecule has 0 amide bonds. The normalized spacial score (nSPS) is 13.4. The van der Waals surface area contributed by atoms with Gasteiger partial charge in [-0.05, 0) is 42.7 Å². The molecule has 28 heavy (non-hydrogen) atoms. The van der Waals surface area contributed by atoms with Crippen LogP contribution in [-0.4, -0.2) is 53.7 Å². The van der Waals surface area contributed by atoms with Gasteiger partial charge in [-0.1, -0.05) is 6.07 Å². The van der Waals surface area contributed by atoms with Gasteiger partial charge in [0, 0.05) is 19.7 Å². The molecule has 8 heteroatoms. The number of rotatable bonds is 8. The number of ether oxygens (including phenoxy) is 4. The van der Waals surface area contributed by atoms with Gasteiger partial charge in [0.2, 0.25) is 10.0 Å². The molecule has 0 unspecified atom stereocenters. The van der Waals surface area contributed by atoms with Crippen LogP contribution in [0.4, 0.5) is 0 Å². The average Bonchev–Trinajstić information content (AvgIpc) is 2.73. The standard InChI is InChI=1S/C20H25NO6S/c1-21(10-4-5-15-6-8-17(24-2)19(13-15)25-3)28(22,23)16-7-9-18-20(14-16)27-12-11-26-18/h6-9,13-14H,4-5,10-12H2,1-3H3. The molecule has 152 valence electrons. The van der Waals surface area contributed by atoms with Crippen LogP contribution in [0.3, 0.4) is 0 Å². The zero-order chi connectivity index (χ0) is 20.1. The third-order valence-corrected chi connectivity index (χ3v) is 6.46. The topological polar surface area (TPSA) is 74.3 Å². The number of hydrogen-bond acceptors (Lipinski definition) is 6. The third-order valence-electron chi connectivity index (χ3n) is 4.61. The Kier molecular flexibility index (Phi) is 6.31. The van der Waals surface area contributed by atoms with E-state index in [2.05, 4.69) is 0 Å². The van der Waals surface area contributed by atoms with Crippen LogP contribution in [0.2, 0.25) is 0 Å². The Labute approximate surface area is 165 Å². The first-order valence-electron chi connectivity index (χ1n) is 9.02. The number of nitrogens with zero attached hydrogens (tertiary/aromatic N) is 1. The molecule has 1 aliphatic heterocycles. The summed E-state index contributed by atoms with van der Waals surface area (Å²) >= 11 is 0. The maximum Gasteiger partial charge on any atom is 0.242 e. The molecule has 0 saturated carbocycles.